The molecule has 1 heterocycles. The lowest BCUT2D eigenvalue weighted by Crippen LogP contribution is -2.50. The highest BCUT2D eigenvalue weighted by molar-refractivity contribution is 5.96. The van der Waals surface area contributed by atoms with E-state index >= 15 is 0 Å². The molecule has 21 heavy (non-hydrogen) atoms. The fourth-order valence-corrected chi connectivity index (χ4v) is 2.37. The Labute approximate surface area is 121 Å². The highest BCUT2D eigenvalue weighted by Crippen LogP contribution is 2.26. The number of anilines is 1. The Hall–Kier alpha value is -2.57. The molecule has 7 nitrogen and oxygen atoms in total. The molecule has 1 aliphatic heterocycles. The van der Waals surface area contributed by atoms with Crippen LogP contribution >= 0.6 is 0 Å². The van der Waals surface area contributed by atoms with Crippen molar-refractivity contribution in [3.05, 3.63) is 29.8 Å². The Morgan fingerprint density at radius 1 is 1.33 bits per heavy atom. The number of carbonyl (C=O) groups is 3. The first-order valence-corrected chi connectivity index (χ1v) is 6.66. The van der Waals surface area contributed by atoms with E-state index in [1.165, 1.54) is 4.90 Å². The van der Waals surface area contributed by atoms with E-state index in [-0.39, 0.29) is 0 Å². The van der Waals surface area contributed by atoms with Crippen molar-refractivity contribution in [2.45, 2.75) is 25.3 Å². The van der Waals surface area contributed by atoms with Gasteiger partial charge in [-0.25, -0.2) is 9.59 Å². The maximum Gasteiger partial charge on any atom is 0.326 e. The van der Waals surface area contributed by atoms with Gasteiger partial charge in [0.05, 0.1) is 6.42 Å². The number of primary amides is 1. The second-order valence-corrected chi connectivity index (χ2v) is 4.89. The summed E-state index contributed by atoms with van der Waals surface area (Å²) >= 11 is 0. The number of fused-ring (bicyclic) bond motifs is 1. The molecular formula is C14H17N3O4. The molecule has 0 saturated heterocycles. The number of aryl methyl sites for hydroxylation is 1. The lowest BCUT2D eigenvalue weighted by Gasteiger charge is -2.30. The van der Waals surface area contributed by atoms with Gasteiger partial charge in [-0.15, -0.1) is 0 Å². The molecule has 3 amide bonds. The van der Waals surface area contributed by atoms with E-state index in [1.807, 2.05) is 24.3 Å². The summed E-state index contributed by atoms with van der Waals surface area (Å²) in [7, 11) is 0. The van der Waals surface area contributed by atoms with Crippen LogP contribution in [0.5, 0.6) is 0 Å². The van der Waals surface area contributed by atoms with Gasteiger partial charge in [-0.05, 0) is 24.5 Å². The van der Waals surface area contributed by atoms with Gasteiger partial charge in [0, 0.05) is 12.2 Å². The fraction of sp³-hybridized carbons (Fsp3) is 0.357. The summed E-state index contributed by atoms with van der Waals surface area (Å²) in [5.41, 5.74) is 6.81. The predicted molar refractivity (Wildman–Crippen MR) is 75.9 cm³/mol. The number of benzene rings is 1. The molecule has 2 rings (SSSR count). The molecule has 0 fully saturated rings. The number of carboxylic acids is 1. The molecule has 0 bridgehead atoms. The number of hydrogen-bond acceptors (Lipinski definition) is 3. The number of nitrogens with one attached hydrogen (secondary N) is 1. The lowest BCUT2D eigenvalue weighted by molar-refractivity contribution is -0.140. The number of nitrogens with two attached hydrogens (primary N) is 1. The second kappa shape index (κ2) is 6.25. The molecule has 1 atom stereocenters. The molecule has 0 unspecified atom stereocenters. The van der Waals surface area contributed by atoms with E-state index in [4.69, 9.17) is 10.8 Å². The molecular weight excluding hydrogens is 274 g/mol. The number of urea groups is 1. The summed E-state index contributed by atoms with van der Waals surface area (Å²) in [6.45, 7) is 0.506. The first-order chi connectivity index (χ1) is 9.99. The van der Waals surface area contributed by atoms with Crippen molar-refractivity contribution in [2.24, 2.45) is 5.73 Å². The summed E-state index contributed by atoms with van der Waals surface area (Å²) in [6, 6.07) is 5.63. The van der Waals surface area contributed by atoms with Crippen molar-refractivity contribution in [1.82, 2.24) is 5.32 Å². The summed E-state index contributed by atoms with van der Waals surface area (Å²) in [4.78, 5) is 35.7. The Bertz CT molecular complexity index is 573. The minimum Gasteiger partial charge on any atom is -0.480 e. The van der Waals surface area contributed by atoms with Gasteiger partial charge in [0.1, 0.15) is 6.04 Å². The lowest BCUT2D eigenvalue weighted by atomic mass is 10.0. The standard InChI is InChI=1S/C14H17N3O4/c15-12(18)8-10(13(19)20)16-14(21)17-7-3-5-9-4-1-2-6-11(9)17/h1-2,4,6,10H,3,5,7-8H2,(H2,15,18)(H,16,21)(H,19,20)/t10-/m1/s1. The van der Waals surface area contributed by atoms with Gasteiger partial charge in [0.25, 0.3) is 0 Å². The molecule has 0 aliphatic carbocycles. The minimum absolute atomic E-state index is 0.434. The quantitative estimate of drug-likeness (QED) is 0.748. The maximum atomic E-state index is 12.3. The number of para-hydroxylation sites is 1. The highest BCUT2D eigenvalue weighted by atomic mass is 16.4. The smallest absolute Gasteiger partial charge is 0.326 e. The third-order valence-electron chi connectivity index (χ3n) is 3.36. The van der Waals surface area contributed by atoms with Gasteiger partial charge in [-0.3, -0.25) is 9.69 Å². The Morgan fingerprint density at radius 3 is 2.71 bits per heavy atom. The monoisotopic (exact) mass is 291 g/mol. The van der Waals surface area contributed by atoms with Crippen LogP contribution in [0, 0.1) is 0 Å². The van der Waals surface area contributed by atoms with Crippen molar-refractivity contribution >= 4 is 23.6 Å². The van der Waals surface area contributed by atoms with Crippen LogP contribution in [-0.2, 0) is 16.0 Å². The molecule has 1 aliphatic rings. The van der Waals surface area contributed by atoms with Gasteiger partial charge in [-0.1, -0.05) is 18.2 Å². The van der Waals surface area contributed by atoms with E-state index in [9.17, 15) is 14.4 Å². The number of aliphatic carboxylic acids is 1. The third-order valence-corrected chi connectivity index (χ3v) is 3.36. The van der Waals surface area contributed by atoms with Gasteiger partial charge in [0.15, 0.2) is 0 Å². The first kappa shape index (κ1) is 14.8. The van der Waals surface area contributed by atoms with Gasteiger partial charge < -0.3 is 16.2 Å². The fourth-order valence-electron chi connectivity index (χ4n) is 2.37. The number of hydrogen-bond donors (Lipinski definition) is 3. The van der Waals surface area contributed by atoms with E-state index in [1.54, 1.807) is 0 Å². The molecule has 7 heteroatoms. The van der Waals surface area contributed by atoms with E-state index in [2.05, 4.69) is 5.32 Å². The van der Waals surface area contributed by atoms with Crippen molar-refractivity contribution in [2.75, 3.05) is 11.4 Å². The summed E-state index contributed by atoms with van der Waals surface area (Å²) < 4.78 is 0. The van der Waals surface area contributed by atoms with Gasteiger partial charge in [0.2, 0.25) is 5.91 Å². The van der Waals surface area contributed by atoms with Gasteiger partial charge >= 0.3 is 12.0 Å². The molecule has 112 valence electrons. The minimum atomic E-state index is -1.32. The first-order valence-electron chi connectivity index (χ1n) is 6.66. The SMILES string of the molecule is NC(=O)C[C@@H](NC(=O)N1CCCc2ccccc21)C(=O)O. The highest BCUT2D eigenvalue weighted by Gasteiger charge is 2.27. The summed E-state index contributed by atoms with van der Waals surface area (Å²) in [6.07, 6.45) is 1.25. The molecule has 1 aromatic carbocycles. The summed E-state index contributed by atoms with van der Waals surface area (Å²) in [5, 5.41) is 11.4. The van der Waals surface area contributed by atoms with Crippen molar-refractivity contribution < 1.29 is 19.5 Å². The predicted octanol–water partition coefficient (Wildman–Crippen LogP) is 0.477. The van der Waals surface area contributed by atoms with Crippen LogP contribution in [0.25, 0.3) is 0 Å². The topological polar surface area (TPSA) is 113 Å². The number of carbonyl (C=O) groups excluding carboxylic acids is 2. The van der Waals surface area contributed by atoms with E-state index < -0.39 is 30.4 Å². The largest absolute Gasteiger partial charge is 0.480 e. The van der Waals surface area contributed by atoms with Gasteiger partial charge in [-0.2, -0.15) is 0 Å². The number of nitrogens with zero attached hydrogens (tertiary/aromatic N) is 1. The maximum absolute atomic E-state index is 12.3. The second-order valence-electron chi connectivity index (χ2n) is 4.89. The van der Waals surface area contributed by atoms with Crippen LogP contribution in [0.3, 0.4) is 0 Å². The molecule has 0 aromatic heterocycles. The molecule has 1 aromatic rings. The average molecular weight is 291 g/mol. The molecule has 0 saturated carbocycles. The van der Waals surface area contributed by atoms with Crippen LogP contribution in [0.4, 0.5) is 10.5 Å². The molecule has 4 N–H and O–H groups in total. The average Bonchev–Trinajstić information content (AvgIpc) is 2.45. The zero-order valence-corrected chi connectivity index (χ0v) is 11.4. The Kier molecular flexibility index (Phi) is 4.42. The van der Waals surface area contributed by atoms with Crippen molar-refractivity contribution in [1.29, 1.82) is 0 Å². The summed E-state index contributed by atoms with van der Waals surface area (Å²) in [5.74, 6) is -2.06. The molecule has 0 spiro atoms. The Balaban J connectivity index is 2.13. The van der Waals surface area contributed by atoms with Crippen LogP contribution in [0.15, 0.2) is 24.3 Å². The normalized spacial score (nSPS) is 15.0. The van der Waals surface area contributed by atoms with Crippen LogP contribution in [0.1, 0.15) is 18.4 Å². The van der Waals surface area contributed by atoms with Crippen LogP contribution in [-0.4, -0.2) is 35.6 Å². The molecule has 0 radical (unpaired) electrons. The van der Waals surface area contributed by atoms with Crippen LogP contribution < -0.4 is 16.0 Å². The van der Waals surface area contributed by atoms with Crippen molar-refractivity contribution in [3.63, 3.8) is 0 Å². The van der Waals surface area contributed by atoms with E-state index in [0.29, 0.717) is 6.54 Å². The zero-order chi connectivity index (χ0) is 15.4. The number of carboxylic acid groups (broad SMARTS) is 1. The van der Waals surface area contributed by atoms with E-state index in [0.717, 1.165) is 24.1 Å². The Morgan fingerprint density at radius 2 is 2.05 bits per heavy atom. The zero-order valence-electron chi connectivity index (χ0n) is 11.4. The third kappa shape index (κ3) is 3.50. The van der Waals surface area contributed by atoms with Crippen molar-refractivity contribution in [3.8, 4) is 0 Å². The number of rotatable bonds is 4. The van der Waals surface area contributed by atoms with Crippen LogP contribution in [0.2, 0.25) is 0 Å². The number of amides is 3.